The Kier molecular flexibility index (Phi) is 4.41. The summed E-state index contributed by atoms with van der Waals surface area (Å²) < 4.78 is 7.69. The van der Waals surface area contributed by atoms with Gasteiger partial charge in [-0.05, 0) is 50.1 Å². The van der Waals surface area contributed by atoms with Gasteiger partial charge in [-0.3, -0.25) is 4.68 Å². The maximum atomic E-state index is 6.05. The van der Waals surface area contributed by atoms with Crippen LogP contribution in [0.15, 0.2) is 12.3 Å². The van der Waals surface area contributed by atoms with Crippen LogP contribution in [-0.2, 0) is 11.2 Å². The quantitative estimate of drug-likeness (QED) is 0.920. The Balaban J connectivity index is 1.66. The molecule has 1 saturated heterocycles. The lowest BCUT2D eigenvalue weighted by Crippen LogP contribution is -2.38. The summed E-state index contributed by atoms with van der Waals surface area (Å²) in [4.78, 5) is 0. The molecule has 20 heavy (non-hydrogen) atoms. The van der Waals surface area contributed by atoms with E-state index in [1.165, 1.54) is 37.8 Å². The second-order valence-electron chi connectivity index (χ2n) is 6.57. The Hall–Kier alpha value is -0.870. The molecule has 0 bridgehead atoms. The minimum absolute atomic E-state index is 0.212. The Labute approximate surface area is 121 Å². The first-order chi connectivity index (χ1) is 9.81. The van der Waals surface area contributed by atoms with Gasteiger partial charge in [0.2, 0.25) is 0 Å². The highest BCUT2D eigenvalue weighted by Gasteiger charge is 2.32. The van der Waals surface area contributed by atoms with E-state index in [4.69, 9.17) is 15.6 Å². The van der Waals surface area contributed by atoms with Crippen LogP contribution in [0.2, 0.25) is 0 Å². The smallest absolute Gasteiger partial charge is 0.0630 e. The van der Waals surface area contributed by atoms with Gasteiger partial charge in [-0.15, -0.1) is 0 Å². The summed E-state index contributed by atoms with van der Waals surface area (Å²) in [5.74, 6) is 0. The van der Waals surface area contributed by atoms with Crippen molar-refractivity contribution >= 4 is 0 Å². The number of nitrogens with two attached hydrogens (primary N) is 1. The van der Waals surface area contributed by atoms with Crippen LogP contribution >= 0.6 is 0 Å². The number of hydrogen-bond acceptors (Lipinski definition) is 3. The van der Waals surface area contributed by atoms with Crippen LogP contribution in [0, 0.1) is 5.41 Å². The van der Waals surface area contributed by atoms with E-state index in [2.05, 4.69) is 16.9 Å². The molecule has 1 aliphatic heterocycles. The fourth-order valence-corrected chi connectivity index (χ4v) is 3.66. The maximum absolute atomic E-state index is 6.05. The minimum atomic E-state index is 0.212. The molecule has 2 aliphatic rings. The summed E-state index contributed by atoms with van der Waals surface area (Å²) in [6.45, 7) is 2.44. The van der Waals surface area contributed by atoms with E-state index < -0.39 is 0 Å². The highest BCUT2D eigenvalue weighted by atomic mass is 16.5. The van der Waals surface area contributed by atoms with Crippen molar-refractivity contribution < 1.29 is 4.74 Å². The molecule has 2 fully saturated rings. The average Bonchev–Trinajstić information content (AvgIpc) is 2.97. The van der Waals surface area contributed by atoms with Gasteiger partial charge >= 0.3 is 0 Å². The van der Waals surface area contributed by atoms with E-state index in [1.54, 1.807) is 0 Å². The largest absolute Gasteiger partial charge is 0.381 e. The molecule has 2 N–H and O–H groups in total. The number of nitrogens with zero attached hydrogens (tertiary/aromatic N) is 2. The third kappa shape index (κ3) is 3.07. The van der Waals surface area contributed by atoms with Crippen molar-refractivity contribution in [3.05, 3.63) is 18.0 Å². The van der Waals surface area contributed by atoms with E-state index in [9.17, 15) is 0 Å². The van der Waals surface area contributed by atoms with Crippen molar-refractivity contribution in [1.82, 2.24) is 9.78 Å². The summed E-state index contributed by atoms with van der Waals surface area (Å²) >= 11 is 0. The molecule has 0 atom stereocenters. The predicted molar refractivity (Wildman–Crippen MR) is 79.6 cm³/mol. The number of ether oxygens (including phenoxy) is 1. The molecule has 0 amide bonds. The zero-order valence-corrected chi connectivity index (χ0v) is 12.4. The summed E-state index contributed by atoms with van der Waals surface area (Å²) in [7, 11) is 0. The molecule has 0 radical (unpaired) electrons. The van der Waals surface area contributed by atoms with E-state index in [1.807, 2.05) is 0 Å². The minimum Gasteiger partial charge on any atom is -0.381 e. The van der Waals surface area contributed by atoms with Crippen LogP contribution in [-0.4, -0.2) is 29.5 Å². The molecule has 0 aromatic carbocycles. The second kappa shape index (κ2) is 6.27. The zero-order valence-electron chi connectivity index (χ0n) is 12.4. The lowest BCUT2D eigenvalue weighted by Gasteiger charge is -2.35. The third-order valence-electron chi connectivity index (χ3n) is 5.15. The molecule has 112 valence electrons. The highest BCUT2D eigenvalue weighted by Crippen LogP contribution is 2.33. The molecule has 1 aromatic rings. The summed E-state index contributed by atoms with van der Waals surface area (Å²) in [6.07, 6.45) is 12.0. The fraction of sp³-hybridized carbons (Fsp3) is 0.812. The van der Waals surface area contributed by atoms with Gasteiger partial charge in [0.15, 0.2) is 0 Å². The molecule has 4 nitrogen and oxygen atoms in total. The van der Waals surface area contributed by atoms with Crippen LogP contribution < -0.4 is 5.73 Å². The average molecular weight is 277 g/mol. The summed E-state index contributed by atoms with van der Waals surface area (Å²) in [5.41, 5.74) is 7.47. The molecular formula is C16H27N3O. The van der Waals surface area contributed by atoms with E-state index in [0.717, 1.165) is 39.0 Å². The van der Waals surface area contributed by atoms with Crippen molar-refractivity contribution in [1.29, 1.82) is 0 Å². The molecule has 1 aliphatic carbocycles. The Bertz CT molecular complexity index is 417. The molecule has 4 heteroatoms. The lowest BCUT2D eigenvalue weighted by molar-refractivity contribution is 0.0186. The summed E-state index contributed by atoms with van der Waals surface area (Å²) in [5, 5.41) is 4.84. The lowest BCUT2D eigenvalue weighted by atomic mass is 9.76. The Morgan fingerprint density at radius 1 is 1.25 bits per heavy atom. The third-order valence-corrected chi connectivity index (χ3v) is 5.15. The van der Waals surface area contributed by atoms with Gasteiger partial charge in [0.05, 0.1) is 11.7 Å². The number of rotatable bonds is 4. The molecule has 0 unspecified atom stereocenters. The number of hydrogen-bond donors (Lipinski definition) is 1. The van der Waals surface area contributed by atoms with Crippen LogP contribution in [0.25, 0.3) is 0 Å². The van der Waals surface area contributed by atoms with Gasteiger partial charge in [-0.25, -0.2) is 0 Å². The van der Waals surface area contributed by atoms with Crippen molar-refractivity contribution in [3.8, 4) is 0 Å². The molecule has 1 saturated carbocycles. The van der Waals surface area contributed by atoms with E-state index in [-0.39, 0.29) is 5.41 Å². The molecule has 1 aromatic heterocycles. The van der Waals surface area contributed by atoms with Crippen LogP contribution in [0.4, 0.5) is 0 Å². The molecule has 0 spiro atoms. The Morgan fingerprint density at radius 2 is 2.00 bits per heavy atom. The maximum Gasteiger partial charge on any atom is 0.0630 e. The van der Waals surface area contributed by atoms with Gasteiger partial charge in [-0.1, -0.05) is 19.3 Å². The molecule has 3 rings (SSSR count). The SMILES string of the molecule is NCC1(Cc2ccn(C3CCCCC3)n2)CCOCC1. The van der Waals surface area contributed by atoms with Gasteiger partial charge in [0.1, 0.15) is 0 Å². The van der Waals surface area contributed by atoms with Crippen LogP contribution in [0.3, 0.4) is 0 Å². The van der Waals surface area contributed by atoms with E-state index in [0.29, 0.717) is 6.04 Å². The predicted octanol–water partition coefficient (Wildman–Crippen LogP) is 2.69. The van der Waals surface area contributed by atoms with Crippen LogP contribution in [0.1, 0.15) is 56.7 Å². The van der Waals surface area contributed by atoms with E-state index >= 15 is 0 Å². The van der Waals surface area contributed by atoms with Crippen LogP contribution in [0.5, 0.6) is 0 Å². The van der Waals surface area contributed by atoms with Gasteiger partial charge in [0, 0.05) is 19.4 Å². The highest BCUT2D eigenvalue weighted by molar-refractivity contribution is 5.05. The topological polar surface area (TPSA) is 53.1 Å². The standard InChI is InChI=1S/C16H27N3O/c17-13-16(7-10-20-11-8-16)12-14-6-9-19(18-14)15-4-2-1-3-5-15/h6,9,15H,1-5,7-8,10-13,17H2. The molecule has 2 heterocycles. The fourth-order valence-electron chi connectivity index (χ4n) is 3.66. The van der Waals surface area contributed by atoms with Crippen molar-refractivity contribution in [2.24, 2.45) is 11.1 Å². The second-order valence-corrected chi connectivity index (χ2v) is 6.57. The monoisotopic (exact) mass is 277 g/mol. The van der Waals surface area contributed by atoms with Gasteiger partial charge < -0.3 is 10.5 Å². The first-order valence-corrected chi connectivity index (χ1v) is 8.13. The zero-order chi connectivity index (χ0) is 13.8. The van der Waals surface area contributed by atoms with Crippen molar-refractivity contribution in [2.75, 3.05) is 19.8 Å². The van der Waals surface area contributed by atoms with Crippen molar-refractivity contribution in [2.45, 2.75) is 57.4 Å². The molecular weight excluding hydrogens is 250 g/mol. The number of aromatic nitrogens is 2. The first kappa shape index (κ1) is 14.1. The summed E-state index contributed by atoms with van der Waals surface area (Å²) in [6, 6.07) is 2.82. The Morgan fingerprint density at radius 3 is 2.70 bits per heavy atom. The normalized spacial score (nSPS) is 23.9. The first-order valence-electron chi connectivity index (χ1n) is 8.13. The van der Waals surface area contributed by atoms with Crippen molar-refractivity contribution in [3.63, 3.8) is 0 Å². The van der Waals surface area contributed by atoms with Gasteiger partial charge in [-0.2, -0.15) is 5.10 Å². The van der Waals surface area contributed by atoms with Gasteiger partial charge in [0.25, 0.3) is 0 Å².